The predicted molar refractivity (Wildman–Crippen MR) is 82.4 cm³/mol. The molecule has 1 aromatic carbocycles. The molecule has 1 N–H and O–H groups in total. The summed E-state index contributed by atoms with van der Waals surface area (Å²) < 4.78 is 65.7. The predicted octanol–water partition coefficient (Wildman–Crippen LogP) is 2.01. The number of rotatable bonds is 5. The average Bonchev–Trinajstić information content (AvgIpc) is 2.83. The van der Waals surface area contributed by atoms with Gasteiger partial charge in [0.05, 0.1) is 22.8 Å². The van der Waals surface area contributed by atoms with E-state index in [4.69, 9.17) is 4.74 Å². The molecule has 2 rings (SSSR count). The molecule has 0 saturated carbocycles. The summed E-state index contributed by atoms with van der Waals surface area (Å²) in [4.78, 5) is 23.3. The van der Waals surface area contributed by atoms with Crippen LogP contribution in [0.1, 0.15) is 18.4 Å². The van der Waals surface area contributed by atoms with E-state index in [1.54, 1.807) is 0 Å². The first-order chi connectivity index (χ1) is 11.6. The zero-order chi connectivity index (χ0) is 18.7. The highest BCUT2D eigenvalue weighted by Gasteiger charge is 2.33. The van der Waals surface area contributed by atoms with Crippen LogP contribution >= 0.6 is 0 Å². The van der Waals surface area contributed by atoms with Crippen molar-refractivity contribution in [2.45, 2.75) is 19.0 Å². The van der Waals surface area contributed by atoms with Gasteiger partial charge in [-0.05, 0) is 24.5 Å². The summed E-state index contributed by atoms with van der Waals surface area (Å²) >= 11 is 0. The number of carbonyl (C=O) groups excluding carboxylic acids is 2. The molecule has 138 valence electrons. The molecule has 10 heteroatoms. The molecule has 1 aliphatic rings. The van der Waals surface area contributed by atoms with Crippen LogP contribution in [-0.4, -0.2) is 38.4 Å². The summed E-state index contributed by atoms with van der Waals surface area (Å²) in [6, 6.07) is 4.43. The Labute approximate surface area is 142 Å². The lowest BCUT2D eigenvalue weighted by molar-refractivity contribution is -0.148. The average molecular weight is 379 g/mol. The summed E-state index contributed by atoms with van der Waals surface area (Å²) in [6.07, 6.45) is -4.43. The van der Waals surface area contributed by atoms with Crippen LogP contribution in [0.2, 0.25) is 0 Å². The molecule has 6 nitrogen and oxygen atoms in total. The molecule has 1 saturated heterocycles. The maximum Gasteiger partial charge on any atom is 0.418 e. The molecular formula is C15H16F3NO5S. The van der Waals surface area contributed by atoms with E-state index in [1.807, 2.05) is 5.32 Å². The van der Waals surface area contributed by atoms with E-state index >= 15 is 0 Å². The second-order valence-electron chi connectivity index (χ2n) is 5.73. The van der Waals surface area contributed by atoms with Gasteiger partial charge in [-0.25, -0.2) is 8.42 Å². The van der Waals surface area contributed by atoms with E-state index in [1.165, 1.54) is 12.1 Å². The van der Waals surface area contributed by atoms with E-state index < -0.39 is 45.7 Å². The van der Waals surface area contributed by atoms with Crippen LogP contribution in [0, 0.1) is 5.92 Å². The Hall–Kier alpha value is -2.10. The van der Waals surface area contributed by atoms with Gasteiger partial charge in [-0.3, -0.25) is 9.59 Å². The third kappa shape index (κ3) is 5.73. The molecule has 1 amide bonds. The van der Waals surface area contributed by atoms with Gasteiger partial charge in [0.15, 0.2) is 16.4 Å². The minimum Gasteiger partial charge on any atom is -0.456 e. The van der Waals surface area contributed by atoms with Crippen LogP contribution in [-0.2, 0) is 30.3 Å². The Morgan fingerprint density at radius 2 is 1.92 bits per heavy atom. The second kappa shape index (κ2) is 7.42. The molecule has 1 aromatic rings. The van der Waals surface area contributed by atoms with Crippen LogP contribution < -0.4 is 5.32 Å². The van der Waals surface area contributed by atoms with Gasteiger partial charge in [0.25, 0.3) is 5.91 Å². The SMILES string of the molecule is O=C(COC(=O)C[C@@H]1CCS(=O)(=O)C1)Nc1ccccc1C(F)(F)F. The number of esters is 1. The molecule has 1 atom stereocenters. The number of carbonyl (C=O) groups is 2. The Bertz CT molecular complexity index is 761. The second-order valence-corrected chi connectivity index (χ2v) is 7.95. The van der Waals surface area contributed by atoms with Gasteiger partial charge >= 0.3 is 12.1 Å². The third-order valence-electron chi connectivity index (χ3n) is 3.65. The summed E-state index contributed by atoms with van der Waals surface area (Å²) in [5, 5.41) is 2.05. The van der Waals surface area contributed by atoms with Gasteiger partial charge in [-0.1, -0.05) is 12.1 Å². The van der Waals surface area contributed by atoms with Crippen molar-refractivity contribution < 1.29 is 35.9 Å². The van der Waals surface area contributed by atoms with Crippen LogP contribution in [0.25, 0.3) is 0 Å². The number of benzene rings is 1. The van der Waals surface area contributed by atoms with Crippen LogP contribution in [0.5, 0.6) is 0 Å². The number of hydrogen-bond donors (Lipinski definition) is 1. The molecule has 1 aliphatic heterocycles. The molecule has 0 radical (unpaired) electrons. The standard InChI is InChI=1S/C15H16F3NO5S/c16-15(17,18)11-3-1-2-4-12(11)19-13(20)8-24-14(21)7-10-5-6-25(22,23)9-10/h1-4,10H,5-9H2,(H,19,20)/t10-/m0/s1. The Morgan fingerprint density at radius 1 is 1.24 bits per heavy atom. The van der Waals surface area contributed by atoms with E-state index in [2.05, 4.69) is 0 Å². The van der Waals surface area contributed by atoms with Crippen LogP contribution in [0.4, 0.5) is 18.9 Å². The number of para-hydroxylation sites is 1. The number of hydrogen-bond acceptors (Lipinski definition) is 5. The van der Waals surface area contributed by atoms with E-state index in [0.29, 0.717) is 6.42 Å². The zero-order valence-corrected chi connectivity index (χ0v) is 13.8. The number of amides is 1. The third-order valence-corrected chi connectivity index (χ3v) is 5.49. The highest BCUT2D eigenvalue weighted by atomic mass is 32.2. The van der Waals surface area contributed by atoms with Crippen LogP contribution in [0.3, 0.4) is 0 Å². The summed E-state index contributed by atoms with van der Waals surface area (Å²) in [5.41, 5.74) is -1.44. The number of alkyl halides is 3. The molecule has 0 aromatic heterocycles. The quantitative estimate of drug-likeness (QED) is 0.791. The fourth-order valence-corrected chi connectivity index (χ4v) is 4.36. The van der Waals surface area contributed by atoms with Gasteiger partial charge in [-0.15, -0.1) is 0 Å². The van der Waals surface area contributed by atoms with Crippen molar-refractivity contribution in [1.82, 2.24) is 0 Å². The lowest BCUT2D eigenvalue weighted by Crippen LogP contribution is -2.23. The first kappa shape index (κ1) is 19.2. The Kier molecular flexibility index (Phi) is 5.71. The van der Waals surface area contributed by atoms with E-state index in [9.17, 15) is 31.2 Å². The summed E-state index contributed by atoms with van der Waals surface area (Å²) in [7, 11) is -3.13. The molecule has 0 spiro atoms. The number of ether oxygens (including phenoxy) is 1. The monoisotopic (exact) mass is 379 g/mol. The van der Waals surface area contributed by atoms with E-state index in [0.717, 1.165) is 12.1 Å². The van der Waals surface area contributed by atoms with Crippen molar-refractivity contribution in [1.29, 1.82) is 0 Å². The van der Waals surface area contributed by atoms with Crippen molar-refractivity contribution in [3.8, 4) is 0 Å². The van der Waals surface area contributed by atoms with E-state index in [-0.39, 0.29) is 23.8 Å². The largest absolute Gasteiger partial charge is 0.456 e. The first-order valence-corrected chi connectivity index (χ1v) is 9.21. The maximum atomic E-state index is 12.8. The van der Waals surface area contributed by atoms with Gasteiger partial charge in [0, 0.05) is 6.42 Å². The molecule has 25 heavy (non-hydrogen) atoms. The molecule has 0 unspecified atom stereocenters. The molecule has 1 fully saturated rings. The number of halogens is 3. The normalized spacial score (nSPS) is 19.4. The highest BCUT2D eigenvalue weighted by Crippen LogP contribution is 2.34. The number of anilines is 1. The smallest absolute Gasteiger partial charge is 0.418 e. The van der Waals surface area contributed by atoms with Crippen molar-refractivity contribution in [3.63, 3.8) is 0 Å². The Balaban J connectivity index is 1.84. The minimum atomic E-state index is -4.63. The summed E-state index contributed by atoms with van der Waals surface area (Å²) in [5.74, 6) is -2.12. The number of sulfone groups is 1. The fourth-order valence-electron chi connectivity index (χ4n) is 2.50. The molecular weight excluding hydrogens is 363 g/mol. The topological polar surface area (TPSA) is 89.5 Å². The van der Waals surface area contributed by atoms with Crippen molar-refractivity contribution in [2.75, 3.05) is 23.4 Å². The maximum absolute atomic E-state index is 12.8. The van der Waals surface area contributed by atoms with Gasteiger partial charge < -0.3 is 10.1 Å². The van der Waals surface area contributed by atoms with Gasteiger partial charge in [-0.2, -0.15) is 13.2 Å². The molecule has 0 bridgehead atoms. The van der Waals surface area contributed by atoms with Gasteiger partial charge in [0.2, 0.25) is 0 Å². The van der Waals surface area contributed by atoms with Crippen LogP contribution in [0.15, 0.2) is 24.3 Å². The molecule has 0 aliphatic carbocycles. The Morgan fingerprint density at radius 3 is 2.52 bits per heavy atom. The van der Waals surface area contributed by atoms with Crippen molar-refractivity contribution in [2.24, 2.45) is 5.92 Å². The first-order valence-electron chi connectivity index (χ1n) is 7.39. The lowest BCUT2D eigenvalue weighted by atomic mass is 10.1. The zero-order valence-electron chi connectivity index (χ0n) is 13.0. The van der Waals surface area contributed by atoms with Crippen molar-refractivity contribution in [3.05, 3.63) is 29.8 Å². The fraction of sp³-hybridized carbons (Fsp3) is 0.467. The lowest BCUT2D eigenvalue weighted by Gasteiger charge is -2.13. The summed E-state index contributed by atoms with van der Waals surface area (Å²) in [6.45, 7) is -0.746. The van der Waals surface area contributed by atoms with Crippen molar-refractivity contribution >= 4 is 27.4 Å². The number of nitrogens with one attached hydrogen (secondary N) is 1. The highest BCUT2D eigenvalue weighted by molar-refractivity contribution is 7.91. The van der Waals surface area contributed by atoms with Gasteiger partial charge in [0.1, 0.15) is 0 Å². The minimum absolute atomic E-state index is 0.0136. The molecule has 1 heterocycles.